The Balaban J connectivity index is 1.55. The van der Waals surface area contributed by atoms with Crippen molar-refractivity contribution in [3.05, 3.63) is 23.8 Å². The number of hydrogen-bond acceptors (Lipinski definition) is 4. The van der Waals surface area contributed by atoms with E-state index in [-0.39, 0.29) is 0 Å². The molecule has 2 aliphatic rings. The van der Waals surface area contributed by atoms with Crippen molar-refractivity contribution in [2.45, 2.75) is 26.3 Å². The maximum Gasteiger partial charge on any atom is 0.161 e. The van der Waals surface area contributed by atoms with E-state index in [2.05, 4.69) is 36.2 Å². The molecule has 21 heavy (non-hydrogen) atoms. The lowest BCUT2D eigenvalue weighted by Crippen LogP contribution is -2.53. The van der Waals surface area contributed by atoms with Gasteiger partial charge in [0.05, 0.1) is 0 Å². The van der Waals surface area contributed by atoms with Gasteiger partial charge in [0, 0.05) is 32.2 Å². The smallest absolute Gasteiger partial charge is 0.161 e. The molecule has 1 atom stereocenters. The van der Waals surface area contributed by atoms with E-state index >= 15 is 0 Å². The molecule has 1 unspecified atom stereocenters. The molecule has 1 fully saturated rings. The van der Waals surface area contributed by atoms with Crippen molar-refractivity contribution in [3.63, 3.8) is 0 Å². The number of fused-ring (bicyclic) bond motifs is 1. The second kappa shape index (κ2) is 6.67. The maximum atomic E-state index is 5.66. The Morgan fingerprint density at radius 2 is 2.05 bits per heavy atom. The van der Waals surface area contributed by atoms with Gasteiger partial charge in [-0.2, -0.15) is 0 Å². The molecule has 4 nitrogen and oxygen atoms in total. The van der Waals surface area contributed by atoms with E-state index in [9.17, 15) is 0 Å². The number of nitrogens with zero attached hydrogens (tertiary/aromatic N) is 1. The second-order valence-corrected chi connectivity index (χ2v) is 6.33. The summed E-state index contributed by atoms with van der Waals surface area (Å²) in [6, 6.07) is 6.96. The highest BCUT2D eigenvalue weighted by atomic mass is 16.6. The fourth-order valence-electron chi connectivity index (χ4n) is 3.02. The molecule has 2 aliphatic heterocycles. The fourth-order valence-corrected chi connectivity index (χ4v) is 3.02. The number of hydrogen-bond donors (Lipinski definition) is 1. The van der Waals surface area contributed by atoms with Gasteiger partial charge in [-0.3, -0.25) is 0 Å². The summed E-state index contributed by atoms with van der Waals surface area (Å²) in [4.78, 5) is 2.57. The van der Waals surface area contributed by atoms with Gasteiger partial charge in [-0.25, -0.2) is 0 Å². The predicted octanol–water partition coefficient (Wildman–Crippen LogP) is 1.93. The van der Waals surface area contributed by atoms with E-state index in [0.29, 0.717) is 25.2 Å². The van der Waals surface area contributed by atoms with Crippen LogP contribution >= 0.6 is 0 Å². The largest absolute Gasteiger partial charge is 0.486 e. The quantitative estimate of drug-likeness (QED) is 0.919. The van der Waals surface area contributed by atoms with Crippen molar-refractivity contribution < 1.29 is 9.47 Å². The van der Waals surface area contributed by atoms with Gasteiger partial charge in [0.1, 0.15) is 13.2 Å². The first-order chi connectivity index (χ1) is 10.2. The molecule has 4 heteroatoms. The van der Waals surface area contributed by atoms with Crippen molar-refractivity contribution in [2.24, 2.45) is 5.92 Å². The van der Waals surface area contributed by atoms with Gasteiger partial charge in [-0.15, -0.1) is 0 Å². The van der Waals surface area contributed by atoms with Gasteiger partial charge < -0.3 is 19.7 Å². The molecule has 1 saturated heterocycles. The molecule has 116 valence electrons. The molecule has 0 radical (unpaired) electrons. The summed E-state index contributed by atoms with van der Waals surface area (Å²) in [5, 5.41) is 3.61. The lowest BCUT2D eigenvalue weighted by molar-refractivity contribution is 0.170. The van der Waals surface area contributed by atoms with E-state index in [1.54, 1.807) is 0 Å². The van der Waals surface area contributed by atoms with Crippen molar-refractivity contribution in [3.8, 4) is 11.5 Å². The minimum Gasteiger partial charge on any atom is -0.486 e. The van der Waals surface area contributed by atoms with Crippen LogP contribution in [0.1, 0.15) is 19.4 Å². The summed E-state index contributed by atoms with van der Waals surface area (Å²) in [6.07, 6.45) is 1.07. The van der Waals surface area contributed by atoms with Crippen LogP contribution in [-0.4, -0.2) is 50.3 Å². The van der Waals surface area contributed by atoms with E-state index in [4.69, 9.17) is 9.47 Å². The molecule has 3 rings (SSSR count). The SMILES string of the molecule is CC(C)C1CN(CCc2ccc3c(c2)OCCO3)CCN1. The van der Waals surface area contributed by atoms with Gasteiger partial charge >= 0.3 is 0 Å². The van der Waals surface area contributed by atoms with Crippen LogP contribution in [0.2, 0.25) is 0 Å². The summed E-state index contributed by atoms with van der Waals surface area (Å²) in [7, 11) is 0. The molecule has 1 aromatic rings. The Bertz CT molecular complexity index is 476. The van der Waals surface area contributed by atoms with Crippen LogP contribution in [0.5, 0.6) is 11.5 Å². The zero-order valence-electron chi connectivity index (χ0n) is 13.1. The van der Waals surface area contributed by atoms with Crippen molar-refractivity contribution >= 4 is 0 Å². The fraction of sp³-hybridized carbons (Fsp3) is 0.647. The first-order valence-corrected chi connectivity index (χ1v) is 8.06. The molecular weight excluding hydrogens is 264 g/mol. The molecule has 0 spiro atoms. The van der Waals surface area contributed by atoms with Gasteiger partial charge in [-0.1, -0.05) is 19.9 Å². The van der Waals surface area contributed by atoms with Crippen molar-refractivity contribution in [1.29, 1.82) is 0 Å². The number of rotatable bonds is 4. The molecular formula is C17H26N2O2. The summed E-state index contributed by atoms with van der Waals surface area (Å²) in [5.41, 5.74) is 1.33. The molecule has 1 N–H and O–H groups in total. The molecule has 0 bridgehead atoms. The summed E-state index contributed by atoms with van der Waals surface area (Å²) in [6.45, 7) is 10.4. The molecule has 0 aromatic heterocycles. The normalized spacial score (nSPS) is 22.5. The van der Waals surface area contributed by atoms with E-state index in [0.717, 1.165) is 44.1 Å². The van der Waals surface area contributed by atoms with E-state index < -0.39 is 0 Å². The van der Waals surface area contributed by atoms with Gasteiger partial charge in [0.25, 0.3) is 0 Å². The Kier molecular flexibility index (Phi) is 4.66. The Morgan fingerprint density at radius 1 is 1.24 bits per heavy atom. The Hall–Kier alpha value is -1.26. The highest BCUT2D eigenvalue weighted by Crippen LogP contribution is 2.30. The first-order valence-electron chi connectivity index (χ1n) is 8.06. The predicted molar refractivity (Wildman–Crippen MR) is 84.2 cm³/mol. The van der Waals surface area contributed by atoms with Gasteiger partial charge in [0.2, 0.25) is 0 Å². The molecule has 0 saturated carbocycles. The van der Waals surface area contributed by atoms with Crippen LogP contribution in [0.15, 0.2) is 18.2 Å². The number of piperazine rings is 1. The molecule has 1 aromatic carbocycles. The lowest BCUT2D eigenvalue weighted by Gasteiger charge is -2.35. The summed E-state index contributed by atoms with van der Waals surface area (Å²) < 4.78 is 11.2. The molecule has 2 heterocycles. The third-order valence-electron chi connectivity index (χ3n) is 4.42. The second-order valence-electron chi connectivity index (χ2n) is 6.33. The van der Waals surface area contributed by atoms with Crippen LogP contribution < -0.4 is 14.8 Å². The van der Waals surface area contributed by atoms with Crippen LogP contribution in [0, 0.1) is 5.92 Å². The van der Waals surface area contributed by atoms with Crippen LogP contribution in [-0.2, 0) is 6.42 Å². The third-order valence-corrected chi connectivity index (χ3v) is 4.42. The standard InChI is InChI=1S/C17H26N2O2/c1-13(2)15-12-19(8-6-18-15)7-5-14-3-4-16-17(11-14)21-10-9-20-16/h3-4,11,13,15,18H,5-10,12H2,1-2H3. The topological polar surface area (TPSA) is 33.7 Å². The Labute approximate surface area is 127 Å². The Morgan fingerprint density at radius 3 is 2.86 bits per heavy atom. The van der Waals surface area contributed by atoms with Crippen LogP contribution in [0.25, 0.3) is 0 Å². The van der Waals surface area contributed by atoms with Crippen LogP contribution in [0.3, 0.4) is 0 Å². The van der Waals surface area contributed by atoms with Gasteiger partial charge in [-0.05, 0) is 30.0 Å². The minimum absolute atomic E-state index is 0.624. The first kappa shape index (κ1) is 14.7. The van der Waals surface area contributed by atoms with Crippen LogP contribution in [0.4, 0.5) is 0 Å². The third kappa shape index (κ3) is 3.69. The van der Waals surface area contributed by atoms with E-state index in [1.807, 2.05) is 6.07 Å². The molecule has 0 aliphatic carbocycles. The minimum atomic E-state index is 0.624. The number of benzene rings is 1. The maximum absolute atomic E-state index is 5.66. The average Bonchev–Trinajstić information content (AvgIpc) is 2.53. The zero-order valence-corrected chi connectivity index (χ0v) is 13.1. The number of ether oxygens (including phenoxy) is 2. The lowest BCUT2D eigenvalue weighted by atomic mass is 10.0. The van der Waals surface area contributed by atoms with Gasteiger partial charge in [0.15, 0.2) is 11.5 Å². The monoisotopic (exact) mass is 290 g/mol. The highest BCUT2D eigenvalue weighted by Gasteiger charge is 2.21. The number of nitrogens with one attached hydrogen (secondary N) is 1. The average molecular weight is 290 g/mol. The van der Waals surface area contributed by atoms with Crippen molar-refractivity contribution in [2.75, 3.05) is 39.4 Å². The van der Waals surface area contributed by atoms with Crippen molar-refractivity contribution in [1.82, 2.24) is 10.2 Å². The zero-order chi connectivity index (χ0) is 14.7. The summed E-state index contributed by atoms with van der Waals surface area (Å²) >= 11 is 0. The molecule has 0 amide bonds. The highest BCUT2D eigenvalue weighted by molar-refractivity contribution is 5.43. The van der Waals surface area contributed by atoms with E-state index in [1.165, 1.54) is 5.56 Å². The summed E-state index contributed by atoms with van der Waals surface area (Å²) in [5.74, 6) is 2.48.